The summed E-state index contributed by atoms with van der Waals surface area (Å²) in [7, 11) is -3.61. The standard InChI is InChI=1S/C15H13FO4S/c1-10-4-2-3-5-14(10)21(19,20)9-11-6-7-12(15(17)18)13(16)8-11/h2-8H,9H2,1H3,(H,17,18). The number of carboxylic acids is 1. The topological polar surface area (TPSA) is 71.4 Å². The van der Waals surface area contributed by atoms with Crippen LogP contribution in [-0.4, -0.2) is 19.5 Å². The van der Waals surface area contributed by atoms with Gasteiger partial charge < -0.3 is 5.11 Å². The Morgan fingerprint density at radius 1 is 1.19 bits per heavy atom. The second-order valence-electron chi connectivity index (χ2n) is 4.64. The van der Waals surface area contributed by atoms with Crippen LogP contribution in [0.1, 0.15) is 21.5 Å². The van der Waals surface area contributed by atoms with E-state index in [9.17, 15) is 17.6 Å². The highest BCUT2D eigenvalue weighted by molar-refractivity contribution is 7.90. The largest absolute Gasteiger partial charge is 0.478 e. The van der Waals surface area contributed by atoms with Gasteiger partial charge in [-0.05, 0) is 36.2 Å². The smallest absolute Gasteiger partial charge is 0.338 e. The van der Waals surface area contributed by atoms with Crippen LogP contribution in [0.4, 0.5) is 4.39 Å². The molecule has 0 bridgehead atoms. The zero-order valence-corrected chi connectivity index (χ0v) is 12.0. The highest BCUT2D eigenvalue weighted by atomic mass is 32.2. The number of benzene rings is 2. The summed E-state index contributed by atoms with van der Waals surface area (Å²) in [5, 5.41) is 8.75. The number of halogens is 1. The Kier molecular flexibility index (Phi) is 4.09. The predicted octanol–water partition coefficient (Wildman–Crippen LogP) is 2.81. The minimum absolute atomic E-state index is 0.188. The van der Waals surface area contributed by atoms with Gasteiger partial charge in [0.2, 0.25) is 0 Å². The summed E-state index contributed by atoms with van der Waals surface area (Å²) >= 11 is 0. The van der Waals surface area contributed by atoms with E-state index < -0.39 is 27.2 Å². The van der Waals surface area contributed by atoms with E-state index in [2.05, 4.69) is 0 Å². The Balaban J connectivity index is 2.36. The molecule has 4 nitrogen and oxygen atoms in total. The maximum absolute atomic E-state index is 13.6. The molecule has 1 N–H and O–H groups in total. The average molecular weight is 308 g/mol. The molecule has 21 heavy (non-hydrogen) atoms. The number of carboxylic acid groups (broad SMARTS) is 1. The van der Waals surface area contributed by atoms with E-state index >= 15 is 0 Å². The molecule has 110 valence electrons. The maximum Gasteiger partial charge on any atom is 0.338 e. The molecular formula is C15H13FO4S. The lowest BCUT2D eigenvalue weighted by molar-refractivity contribution is 0.0692. The van der Waals surface area contributed by atoms with Crippen molar-refractivity contribution in [3.8, 4) is 0 Å². The number of aryl methyl sites for hydroxylation is 1. The summed E-state index contributed by atoms with van der Waals surface area (Å²) in [6.45, 7) is 1.68. The van der Waals surface area contributed by atoms with Gasteiger partial charge in [0.15, 0.2) is 9.84 Å². The molecule has 0 saturated heterocycles. The van der Waals surface area contributed by atoms with Crippen LogP contribution in [0.2, 0.25) is 0 Å². The molecule has 2 rings (SSSR count). The molecule has 0 atom stereocenters. The lowest BCUT2D eigenvalue weighted by Crippen LogP contribution is -2.08. The van der Waals surface area contributed by atoms with Gasteiger partial charge in [-0.2, -0.15) is 0 Å². The summed E-state index contributed by atoms with van der Waals surface area (Å²) in [6.07, 6.45) is 0. The zero-order valence-electron chi connectivity index (χ0n) is 11.2. The third-order valence-electron chi connectivity index (χ3n) is 3.05. The van der Waals surface area contributed by atoms with Crippen LogP contribution in [-0.2, 0) is 15.6 Å². The quantitative estimate of drug-likeness (QED) is 0.942. The minimum atomic E-state index is -3.61. The highest BCUT2D eigenvalue weighted by Gasteiger charge is 2.19. The molecule has 0 heterocycles. The monoisotopic (exact) mass is 308 g/mol. The number of sulfone groups is 1. The first-order valence-corrected chi connectivity index (χ1v) is 7.76. The molecule has 6 heteroatoms. The van der Waals surface area contributed by atoms with Crippen LogP contribution in [0.15, 0.2) is 47.4 Å². The number of rotatable bonds is 4. The van der Waals surface area contributed by atoms with Gasteiger partial charge in [0, 0.05) is 0 Å². The number of aromatic carboxylic acids is 1. The van der Waals surface area contributed by atoms with Crippen molar-refractivity contribution in [2.45, 2.75) is 17.6 Å². The van der Waals surface area contributed by atoms with Gasteiger partial charge in [-0.25, -0.2) is 17.6 Å². The van der Waals surface area contributed by atoms with Crippen molar-refractivity contribution in [1.29, 1.82) is 0 Å². The molecule has 0 aliphatic carbocycles. The summed E-state index contributed by atoms with van der Waals surface area (Å²) in [4.78, 5) is 10.9. The molecule has 0 fully saturated rings. The fraction of sp³-hybridized carbons (Fsp3) is 0.133. The van der Waals surface area contributed by atoms with E-state index in [-0.39, 0.29) is 16.2 Å². The van der Waals surface area contributed by atoms with Crippen LogP contribution in [0.3, 0.4) is 0 Å². The van der Waals surface area contributed by atoms with Crippen molar-refractivity contribution in [2.75, 3.05) is 0 Å². The van der Waals surface area contributed by atoms with Gasteiger partial charge in [0.05, 0.1) is 16.2 Å². The molecule has 0 saturated carbocycles. The Labute approximate surface area is 121 Å². The van der Waals surface area contributed by atoms with Gasteiger partial charge in [-0.1, -0.05) is 24.3 Å². The average Bonchev–Trinajstić information content (AvgIpc) is 2.38. The fourth-order valence-electron chi connectivity index (χ4n) is 2.02. The van der Waals surface area contributed by atoms with Crippen molar-refractivity contribution in [3.63, 3.8) is 0 Å². The third-order valence-corrected chi connectivity index (χ3v) is 4.89. The highest BCUT2D eigenvalue weighted by Crippen LogP contribution is 2.21. The van der Waals surface area contributed by atoms with Crippen molar-refractivity contribution in [2.24, 2.45) is 0 Å². The van der Waals surface area contributed by atoms with Crippen LogP contribution in [0, 0.1) is 12.7 Å². The van der Waals surface area contributed by atoms with E-state index in [4.69, 9.17) is 5.11 Å². The van der Waals surface area contributed by atoms with Crippen molar-refractivity contribution < 1.29 is 22.7 Å². The van der Waals surface area contributed by atoms with E-state index in [0.717, 1.165) is 12.1 Å². The second-order valence-corrected chi connectivity index (χ2v) is 6.60. The maximum atomic E-state index is 13.6. The Morgan fingerprint density at radius 2 is 1.86 bits per heavy atom. The van der Waals surface area contributed by atoms with Crippen molar-refractivity contribution >= 4 is 15.8 Å². The van der Waals surface area contributed by atoms with Gasteiger partial charge in [-0.15, -0.1) is 0 Å². The first kappa shape index (κ1) is 15.2. The lowest BCUT2D eigenvalue weighted by atomic mass is 10.1. The van der Waals surface area contributed by atoms with Crippen LogP contribution >= 0.6 is 0 Å². The molecule has 0 aliphatic heterocycles. The molecule has 0 aliphatic rings. The third kappa shape index (κ3) is 3.28. The number of hydrogen-bond donors (Lipinski definition) is 1. The molecule has 0 unspecified atom stereocenters. The Bertz CT molecular complexity index is 797. The summed E-state index contributed by atoms with van der Waals surface area (Å²) in [6, 6.07) is 9.85. The first-order chi connectivity index (χ1) is 9.81. The van der Waals surface area contributed by atoms with Crippen molar-refractivity contribution in [3.05, 3.63) is 65.0 Å². The van der Waals surface area contributed by atoms with Crippen LogP contribution in [0.25, 0.3) is 0 Å². The number of carbonyl (C=O) groups is 1. The Hall–Kier alpha value is -2.21. The molecule has 0 radical (unpaired) electrons. The van der Waals surface area contributed by atoms with Gasteiger partial charge in [-0.3, -0.25) is 0 Å². The molecule has 0 aromatic heterocycles. The molecule has 2 aromatic carbocycles. The van der Waals surface area contributed by atoms with E-state index in [1.54, 1.807) is 25.1 Å². The molecular weight excluding hydrogens is 295 g/mol. The summed E-state index contributed by atoms with van der Waals surface area (Å²) in [5.41, 5.74) is 0.341. The fourth-order valence-corrected chi connectivity index (χ4v) is 3.64. The summed E-state index contributed by atoms with van der Waals surface area (Å²) < 4.78 is 38.2. The molecule has 0 amide bonds. The second kappa shape index (κ2) is 5.65. The van der Waals surface area contributed by atoms with E-state index in [1.807, 2.05) is 0 Å². The van der Waals surface area contributed by atoms with E-state index in [0.29, 0.717) is 5.56 Å². The van der Waals surface area contributed by atoms with Crippen molar-refractivity contribution in [1.82, 2.24) is 0 Å². The summed E-state index contributed by atoms with van der Waals surface area (Å²) in [5.74, 6) is -2.71. The molecule has 0 spiro atoms. The van der Waals surface area contributed by atoms with Crippen LogP contribution in [0.5, 0.6) is 0 Å². The SMILES string of the molecule is Cc1ccccc1S(=O)(=O)Cc1ccc(C(=O)O)c(F)c1. The lowest BCUT2D eigenvalue weighted by Gasteiger charge is -2.08. The van der Waals surface area contributed by atoms with Gasteiger partial charge in [0.1, 0.15) is 5.82 Å². The first-order valence-electron chi connectivity index (χ1n) is 6.11. The van der Waals surface area contributed by atoms with Crippen LogP contribution < -0.4 is 0 Å². The minimum Gasteiger partial charge on any atom is -0.478 e. The van der Waals surface area contributed by atoms with E-state index in [1.165, 1.54) is 12.1 Å². The number of hydrogen-bond acceptors (Lipinski definition) is 3. The van der Waals surface area contributed by atoms with Gasteiger partial charge >= 0.3 is 5.97 Å². The normalized spacial score (nSPS) is 11.3. The predicted molar refractivity (Wildman–Crippen MR) is 75.4 cm³/mol. The Morgan fingerprint density at radius 3 is 2.43 bits per heavy atom. The van der Waals surface area contributed by atoms with Gasteiger partial charge in [0.25, 0.3) is 0 Å². The zero-order chi connectivity index (χ0) is 15.6. The molecule has 2 aromatic rings.